The van der Waals surface area contributed by atoms with E-state index < -0.39 is 0 Å². The Balaban J connectivity index is 2.58. The van der Waals surface area contributed by atoms with Crippen LogP contribution in [0.2, 0.25) is 0 Å². The molecule has 0 saturated carbocycles. The average Bonchev–Trinajstić information content (AvgIpc) is 2.38. The normalized spacial score (nSPS) is 13.7. The zero-order valence-electron chi connectivity index (χ0n) is 11.8. The van der Waals surface area contributed by atoms with Crippen LogP contribution in [0, 0.1) is 0 Å². The number of hydrogen-bond donors (Lipinski definition) is 3. The van der Waals surface area contributed by atoms with Crippen molar-refractivity contribution in [1.29, 1.82) is 0 Å². The van der Waals surface area contributed by atoms with Gasteiger partial charge in [0.2, 0.25) is 0 Å². The van der Waals surface area contributed by atoms with Gasteiger partial charge in [0, 0.05) is 18.8 Å². The lowest BCUT2D eigenvalue weighted by Crippen LogP contribution is -2.40. The number of anilines is 1. The first-order valence-corrected chi connectivity index (χ1v) is 6.48. The van der Waals surface area contributed by atoms with Crippen LogP contribution in [0.5, 0.6) is 0 Å². The summed E-state index contributed by atoms with van der Waals surface area (Å²) in [6.45, 7) is 4.41. The van der Waals surface area contributed by atoms with Crippen LogP contribution in [0.4, 0.5) is 10.5 Å². The van der Waals surface area contributed by atoms with Crippen molar-refractivity contribution in [2.45, 2.75) is 32.4 Å². The second-order valence-corrected chi connectivity index (χ2v) is 4.57. The van der Waals surface area contributed by atoms with E-state index in [1.54, 1.807) is 7.11 Å². The second-order valence-electron chi connectivity index (χ2n) is 4.57. The number of rotatable bonds is 6. The van der Waals surface area contributed by atoms with E-state index in [-0.39, 0.29) is 18.1 Å². The second kappa shape index (κ2) is 7.76. The molecule has 0 radical (unpaired) electrons. The molecule has 4 N–H and O–H groups in total. The quantitative estimate of drug-likeness (QED) is 0.738. The van der Waals surface area contributed by atoms with Crippen LogP contribution in [0.3, 0.4) is 0 Å². The predicted octanol–water partition coefficient (Wildman–Crippen LogP) is 2.25. The molecule has 1 rings (SSSR count). The minimum absolute atomic E-state index is 0.0154. The first-order valence-electron chi connectivity index (χ1n) is 6.48. The van der Waals surface area contributed by atoms with Crippen LogP contribution in [0.25, 0.3) is 0 Å². The van der Waals surface area contributed by atoms with E-state index in [4.69, 9.17) is 10.5 Å². The van der Waals surface area contributed by atoms with Gasteiger partial charge in [0.05, 0.1) is 12.6 Å². The molecule has 0 aromatic heterocycles. The maximum Gasteiger partial charge on any atom is 0.319 e. The fraction of sp³-hybridized carbons (Fsp3) is 0.500. The highest BCUT2D eigenvalue weighted by Gasteiger charge is 2.10. The van der Waals surface area contributed by atoms with Crippen LogP contribution in [-0.4, -0.2) is 25.8 Å². The molecule has 2 amide bonds. The van der Waals surface area contributed by atoms with Crippen molar-refractivity contribution in [3.05, 3.63) is 29.8 Å². The summed E-state index contributed by atoms with van der Waals surface area (Å²) in [5.74, 6) is 0. The Kier molecular flexibility index (Phi) is 6.32. The largest absolute Gasteiger partial charge is 0.383 e. The first-order chi connectivity index (χ1) is 9.06. The molecule has 2 atom stereocenters. The monoisotopic (exact) mass is 265 g/mol. The molecule has 0 saturated heterocycles. The maximum absolute atomic E-state index is 11.8. The summed E-state index contributed by atoms with van der Waals surface area (Å²) < 4.78 is 5.04. The van der Waals surface area contributed by atoms with Crippen molar-refractivity contribution in [2.24, 2.45) is 5.73 Å². The highest BCUT2D eigenvalue weighted by Crippen LogP contribution is 2.15. The summed E-state index contributed by atoms with van der Waals surface area (Å²) in [5.41, 5.74) is 7.53. The number of urea groups is 1. The van der Waals surface area contributed by atoms with Crippen molar-refractivity contribution in [2.75, 3.05) is 19.0 Å². The van der Waals surface area contributed by atoms with Crippen LogP contribution in [0.1, 0.15) is 31.9 Å². The highest BCUT2D eigenvalue weighted by atomic mass is 16.5. The van der Waals surface area contributed by atoms with Gasteiger partial charge in [-0.05, 0) is 31.0 Å². The molecule has 1 aromatic rings. The summed E-state index contributed by atoms with van der Waals surface area (Å²) in [6.07, 6.45) is 0.821. The molecule has 1 aromatic carbocycles. The van der Waals surface area contributed by atoms with E-state index >= 15 is 0 Å². The molecular formula is C14H23N3O2. The van der Waals surface area contributed by atoms with Crippen LogP contribution < -0.4 is 16.4 Å². The van der Waals surface area contributed by atoms with Gasteiger partial charge in [0.25, 0.3) is 0 Å². The minimum atomic E-state index is -0.231. The first kappa shape index (κ1) is 15.5. The standard InChI is InChI=1S/C14H23N3O2/c1-4-12(9-19-3)16-14(18)17-13-7-5-6-11(8-13)10(2)15/h5-8,10,12H,4,9,15H2,1-3H3,(H2,16,17,18). The molecule has 0 aliphatic rings. The zero-order chi connectivity index (χ0) is 14.3. The average molecular weight is 265 g/mol. The van der Waals surface area contributed by atoms with E-state index in [0.29, 0.717) is 6.61 Å². The third-order valence-corrected chi connectivity index (χ3v) is 2.87. The SMILES string of the molecule is CCC(COC)NC(=O)Nc1cccc(C(C)N)c1. The molecule has 0 fully saturated rings. The summed E-state index contributed by atoms with van der Waals surface area (Å²) in [5, 5.41) is 5.66. The fourth-order valence-electron chi connectivity index (χ4n) is 1.71. The van der Waals surface area contributed by atoms with Crippen LogP contribution in [-0.2, 0) is 4.74 Å². The molecule has 0 aliphatic carbocycles. The van der Waals surface area contributed by atoms with E-state index in [9.17, 15) is 4.79 Å². The van der Waals surface area contributed by atoms with Gasteiger partial charge in [-0.3, -0.25) is 0 Å². The van der Waals surface area contributed by atoms with Gasteiger partial charge in [-0.2, -0.15) is 0 Å². The van der Waals surface area contributed by atoms with Crippen molar-refractivity contribution < 1.29 is 9.53 Å². The summed E-state index contributed by atoms with van der Waals surface area (Å²) in [4.78, 5) is 11.8. The Morgan fingerprint density at radius 2 is 2.21 bits per heavy atom. The third-order valence-electron chi connectivity index (χ3n) is 2.87. The number of amides is 2. The molecule has 5 heteroatoms. The molecule has 0 heterocycles. The molecule has 0 bridgehead atoms. The van der Waals surface area contributed by atoms with Gasteiger partial charge < -0.3 is 21.1 Å². The smallest absolute Gasteiger partial charge is 0.319 e. The van der Waals surface area contributed by atoms with Gasteiger partial charge in [0.1, 0.15) is 0 Å². The van der Waals surface area contributed by atoms with Crippen molar-refractivity contribution in [1.82, 2.24) is 5.32 Å². The van der Waals surface area contributed by atoms with Crippen molar-refractivity contribution in [3.63, 3.8) is 0 Å². The molecule has 5 nitrogen and oxygen atoms in total. The molecular weight excluding hydrogens is 242 g/mol. The lowest BCUT2D eigenvalue weighted by Gasteiger charge is -2.17. The van der Waals surface area contributed by atoms with Crippen LogP contribution >= 0.6 is 0 Å². The van der Waals surface area contributed by atoms with Gasteiger partial charge in [-0.25, -0.2) is 4.79 Å². The highest BCUT2D eigenvalue weighted by molar-refractivity contribution is 5.89. The third kappa shape index (κ3) is 5.28. The number of carbonyl (C=O) groups excluding carboxylic acids is 1. The number of methoxy groups -OCH3 is 1. The Morgan fingerprint density at radius 1 is 1.47 bits per heavy atom. The van der Waals surface area contributed by atoms with Crippen LogP contribution in [0.15, 0.2) is 24.3 Å². The maximum atomic E-state index is 11.8. The Labute approximate surface area is 114 Å². The molecule has 19 heavy (non-hydrogen) atoms. The van der Waals surface area contributed by atoms with Crippen molar-refractivity contribution >= 4 is 11.7 Å². The van der Waals surface area contributed by atoms with E-state index in [1.165, 1.54) is 0 Å². The summed E-state index contributed by atoms with van der Waals surface area (Å²) in [6, 6.07) is 7.26. The van der Waals surface area contributed by atoms with Crippen molar-refractivity contribution in [3.8, 4) is 0 Å². The Morgan fingerprint density at radius 3 is 2.79 bits per heavy atom. The zero-order valence-corrected chi connectivity index (χ0v) is 11.8. The topological polar surface area (TPSA) is 76.4 Å². The van der Waals surface area contributed by atoms with Gasteiger partial charge in [-0.1, -0.05) is 19.1 Å². The minimum Gasteiger partial charge on any atom is -0.383 e. The number of benzene rings is 1. The summed E-state index contributed by atoms with van der Waals surface area (Å²) in [7, 11) is 1.62. The molecule has 0 spiro atoms. The van der Waals surface area contributed by atoms with E-state index in [1.807, 2.05) is 38.1 Å². The number of nitrogens with two attached hydrogens (primary N) is 1. The predicted molar refractivity (Wildman–Crippen MR) is 77.2 cm³/mol. The molecule has 0 aliphatic heterocycles. The lowest BCUT2D eigenvalue weighted by atomic mass is 10.1. The van der Waals surface area contributed by atoms with Gasteiger partial charge in [0.15, 0.2) is 0 Å². The fourth-order valence-corrected chi connectivity index (χ4v) is 1.71. The van der Waals surface area contributed by atoms with Gasteiger partial charge in [-0.15, -0.1) is 0 Å². The Bertz CT molecular complexity index is 407. The number of carbonyl (C=O) groups is 1. The van der Waals surface area contributed by atoms with E-state index in [0.717, 1.165) is 17.7 Å². The summed E-state index contributed by atoms with van der Waals surface area (Å²) >= 11 is 0. The number of hydrogen-bond acceptors (Lipinski definition) is 3. The van der Waals surface area contributed by atoms with E-state index in [2.05, 4.69) is 10.6 Å². The number of nitrogens with one attached hydrogen (secondary N) is 2. The number of ether oxygens (including phenoxy) is 1. The molecule has 2 unspecified atom stereocenters. The molecule has 106 valence electrons. The van der Waals surface area contributed by atoms with Gasteiger partial charge >= 0.3 is 6.03 Å². The Hall–Kier alpha value is -1.59. The lowest BCUT2D eigenvalue weighted by molar-refractivity contribution is 0.165.